The van der Waals surface area contributed by atoms with E-state index in [2.05, 4.69) is 15.6 Å². The fourth-order valence-corrected chi connectivity index (χ4v) is 5.01. The van der Waals surface area contributed by atoms with Gasteiger partial charge in [-0.2, -0.15) is 0 Å². The molecule has 0 radical (unpaired) electrons. The minimum absolute atomic E-state index is 0.0966. The van der Waals surface area contributed by atoms with Crippen molar-refractivity contribution in [1.29, 1.82) is 0 Å². The topological polar surface area (TPSA) is 56.6 Å². The lowest BCUT2D eigenvalue weighted by Gasteiger charge is -2.26. The van der Waals surface area contributed by atoms with Gasteiger partial charge in [0.1, 0.15) is 13.2 Å². The van der Waals surface area contributed by atoms with Gasteiger partial charge in [0.15, 0.2) is 16.7 Å². The van der Waals surface area contributed by atoms with Crippen molar-refractivity contribution in [2.75, 3.05) is 25.5 Å². The molecule has 29 heavy (non-hydrogen) atoms. The van der Waals surface area contributed by atoms with Gasteiger partial charge >= 0.3 is 0 Å². The molecule has 0 spiro atoms. The summed E-state index contributed by atoms with van der Waals surface area (Å²) < 4.78 is 13.4. The van der Waals surface area contributed by atoms with Crippen LogP contribution < -0.4 is 9.47 Å². The molecule has 2 aliphatic heterocycles. The lowest BCUT2D eigenvalue weighted by atomic mass is 10.0. The molecule has 0 saturated carbocycles. The number of rotatable bonds is 4. The Labute approximate surface area is 173 Å². The van der Waals surface area contributed by atoms with E-state index in [0.29, 0.717) is 19.0 Å². The number of ether oxygens (including phenoxy) is 2. The molecule has 1 unspecified atom stereocenters. The van der Waals surface area contributed by atoms with Gasteiger partial charge in [0.2, 0.25) is 5.91 Å². The molecule has 2 aliphatic rings. The maximum atomic E-state index is 13.0. The minimum Gasteiger partial charge on any atom is -0.486 e. The Morgan fingerprint density at radius 2 is 2.00 bits per heavy atom. The number of nitrogens with zero attached hydrogens (tertiary/aromatic N) is 3. The Morgan fingerprint density at radius 1 is 1.17 bits per heavy atom. The van der Waals surface area contributed by atoms with Crippen molar-refractivity contribution < 1.29 is 14.3 Å². The van der Waals surface area contributed by atoms with Crippen LogP contribution in [0.5, 0.6) is 11.5 Å². The van der Waals surface area contributed by atoms with Gasteiger partial charge in [-0.15, -0.1) is 0 Å². The van der Waals surface area contributed by atoms with E-state index >= 15 is 0 Å². The Kier molecular flexibility index (Phi) is 4.83. The second-order valence-corrected chi connectivity index (χ2v) is 8.32. The van der Waals surface area contributed by atoms with Crippen LogP contribution in [-0.4, -0.2) is 45.9 Å². The van der Waals surface area contributed by atoms with Crippen LogP contribution in [0.2, 0.25) is 0 Å². The predicted molar refractivity (Wildman–Crippen MR) is 113 cm³/mol. The molecule has 0 N–H and O–H groups in total. The molecule has 7 heteroatoms. The highest BCUT2D eigenvalue weighted by Crippen LogP contribution is 2.38. The van der Waals surface area contributed by atoms with E-state index in [0.717, 1.165) is 52.6 Å². The molecule has 1 fully saturated rings. The molecular formula is C22H23N3O3S. The number of thioether (sulfide) groups is 1. The van der Waals surface area contributed by atoms with Gasteiger partial charge in [0.25, 0.3) is 0 Å². The van der Waals surface area contributed by atoms with E-state index in [9.17, 15) is 4.79 Å². The molecular weight excluding hydrogens is 386 g/mol. The van der Waals surface area contributed by atoms with E-state index in [-0.39, 0.29) is 11.9 Å². The normalized spacial score (nSPS) is 18.4. The van der Waals surface area contributed by atoms with Crippen molar-refractivity contribution in [2.24, 2.45) is 7.05 Å². The summed E-state index contributed by atoms with van der Waals surface area (Å²) in [7, 11) is 2.00. The largest absolute Gasteiger partial charge is 0.486 e. The van der Waals surface area contributed by atoms with Gasteiger partial charge in [-0.3, -0.25) is 4.79 Å². The zero-order valence-electron chi connectivity index (χ0n) is 16.3. The summed E-state index contributed by atoms with van der Waals surface area (Å²) in [5.74, 6) is 2.10. The average Bonchev–Trinajstić information content (AvgIpc) is 3.37. The van der Waals surface area contributed by atoms with Crippen LogP contribution >= 0.6 is 11.8 Å². The minimum atomic E-state index is 0.0966. The van der Waals surface area contributed by atoms with Crippen molar-refractivity contribution >= 4 is 28.7 Å². The highest BCUT2D eigenvalue weighted by Gasteiger charge is 2.31. The number of fused-ring (bicyclic) bond motifs is 2. The van der Waals surface area contributed by atoms with Gasteiger partial charge in [-0.25, -0.2) is 4.98 Å². The van der Waals surface area contributed by atoms with E-state index in [1.807, 2.05) is 48.3 Å². The van der Waals surface area contributed by atoms with E-state index in [4.69, 9.17) is 9.47 Å². The Morgan fingerprint density at radius 3 is 2.86 bits per heavy atom. The van der Waals surface area contributed by atoms with Crippen LogP contribution in [0.25, 0.3) is 11.0 Å². The van der Waals surface area contributed by atoms with Crippen LogP contribution in [0.3, 0.4) is 0 Å². The van der Waals surface area contributed by atoms with Crippen LogP contribution in [0.15, 0.2) is 47.6 Å². The number of hydrogen-bond acceptors (Lipinski definition) is 5. The predicted octanol–water partition coefficient (Wildman–Crippen LogP) is 3.80. The summed E-state index contributed by atoms with van der Waals surface area (Å²) >= 11 is 1.50. The first-order chi connectivity index (χ1) is 14.2. The fraction of sp³-hybridized carbons (Fsp3) is 0.364. The smallest absolute Gasteiger partial charge is 0.233 e. The number of aromatic nitrogens is 2. The molecule has 2 aromatic carbocycles. The number of amides is 1. The maximum absolute atomic E-state index is 13.0. The molecule has 150 valence electrons. The third-order valence-electron chi connectivity index (χ3n) is 5.60. The van der Waals surface area contributed by atoms with Crippen LogP contribution in [0.4, 0.5) is 0 Å². The molecule has 3 aromatic rings. The summed E-state index contributed by atoms with van der Waals surface area (Å²) in [6.45, 7) is 1.94. The van der Waals surface area contributed by atoms with Crippen molar-refractivity contribution in [1.82, 2.24) is 14.5 Å². The molecule has 1 saturated heterocycles. The highest BCUT2D eigenvalue weighted by atomic mass is 32.2. The van der Waals surface area contributed by atoms with Crippen molar-refractivity contribution in [3.8, 4) is 11.5 Å². The van der Waals surface area contributed by atoms with Gasteiger partial charge in [0.05, 0.1) is 22.8 Å². The van der Waals surface area contributed by atoms with Crippen LogP contribution in [0.1, 0.15) is 24.4 Å². The van der Waals surface area contributed by atoms with Crippen molar-refractivity contribution in [3.05, 3.63) is 48.0 Å². The van der Waals surface area contributed by atoms with Crippen molar-refractivity contribution in [2.45, 2.75) is 24.0 Å². The summed E-state index contributed by atoms with van der Waals surface area (Å²) in [5.41, 5.74) is 3.16. The first-order valence-corrected chi connectivity index (χ1v) is 10.9. The molecule has 6 nitrogen and oxygen atoms in total. The summed E-state index contributed by atoms with van der Waals surface area (Å²) in [4.78, 5) is 19.7. The van der Waals surface area contributed by atoms with E-state index in [1.54, 1.807) is 0 Å². The number of aryl methyl sites for hydroxylation is 1. The summed E-state index contributed by atoms with van der Waals surface area (Å²) in [6, 6.07) is 14.2. The molecule has 0 bridgehead atoms. The number of benzene rings is 2. The molecule has 5 rings (SSSR count). The molecule has 3 heterocycles. The number of carbonyl (C=O) groups excluding carboxylic acids is 1. The number of para-hydroxylation sites is 2. The first-order valence-electron chi connectivity index (χ1n) is 9.94. The third-order valence-corrected chi connectivity index (χ3v) is 6.61. The maximum Gasteiger partial charge on any atom is 0.233 e. The Bertz CT molecular complexity index is 1060. The zero-order valence-corrected chi connectivity index (χ0v) is 17.2. The van der Waals surface area contributed by atoms with Gasteiger partial charge in [-0.05, 0) is 42.7 Å². The second-order valence-electron chi connectivity index (χ2n) is 7.38. The first kappa shape index (κ1) is 18.4. The SMILES string of the molecule is Cn1c(SCC(=O)N2CCCC2c2ccc3c(c2)OCCO3)nc2ccccc21. The van der Waals surface area contributed by atoms with Gasteiger partial charge in [0, 0.05) is 13.6 Å². The van der Waals surface area contributed by atoms with Crippen LogP contribution in [-0.2, 0) is 11.8 Å². The molecule has 1 aromatic heterocycles. The molecule has 1 amide bonds. The van der Waals surface area contributed by atoms with Crippen LogP contribution in [0, 0.1) is 0 Å². The van der Waals surface area contributed by atoms with Gasteiger partial charge < -0.3 is 18.9 Å². The van der Waals surface area contributed by atoms with E-state index in [1.165, 1.54) is 11.8 Å². The standard InChI is InChI=1S/C22H23N3O3S/c1-24-18-6-3-2-5-16(18)23-22(24)29-14-21(26)25-10-4-7-17(25)15-8-9-19-20(13-15)28-12-11-27-19/h2-3,5-6,8-9,13,17H,4,7,10-12,14H2,1H3. The molecule has 0 aliphatic carbocycles. The number of imidazole rings is 1. The lowest BCUT2D eigenvalue weighted by molar-refractivity contribution is -0.129. The second kappa shape index (κ2) is 7.63. The fourth-order valence-electron chi connectivity index (χ4n) is 4.14. The number of carbonyl (C=O) groups is 1. The summed E-state index contributed by atoms with van der Waals surface area (Å²) in [5, 5.41) is 0.870. The molecule has 1 atom stereocenters. The quantitative estimate of drug-likeness (QED) is 0.614. The van der Waals surface area contributed by atoms with E-state index < -0.39 is 0 Å². The Hall–Kier alpha value is -2.67. The third kappa shape index (κ3) is 3.44. The summed E-state index contributed by atoms with van der Waals surface area (Å²) in [6.07, 6.45) is 1.99. The van der Waals surface area contributed by atoms with Crippen molar-refractivity contribution in [3.63, 3.8) is 0 Å². The Balaban J connectivity index is 1.30. The number of hydrogen-bond donors (Lipinski definition) is 0. The monoisotopic (exact) mass is 409 g/mol. The lowest BCUT2D eigenvalue weighted by Crippen LogP contribution is -2.32. The number of likely N-dealkylation sites (tertiary alicyclic amines) is 1. The average molecular weight is 410 g/mol. The van der Waals surface area contributed by atoms with Gasteiger partial charge in [-0.1, -0.05) is 30.0 Å². The highest BCUT2D eigenvalue weighted by molar-refractivity contribution is 7.99. The zero-order chi connectivity index (χ0) is 19.8.